The molecule has 1 aliphatic rings. The Balaban J connectivity index is 1.92. The largest absolute Gasteiger partial charge is 0.357 e. The van der Waals surface area contributed by atoms with E-state index in [-0.39, 0.29) is 6.04 Å². The minimum atomic E-state index is 0.0624. The lowest BCUT2D eigenvalue weighted by molar-refractivity contribution is 0.560. The monoisotopic (exact) mass is 316 g/mol. The number of fused-ring (bicyclic) bond motifs is 3. The van der Waals surface area contributed by atoms with Gasteiger partial charge in [-0.2, -0.15) is 0 Å². The van der Waals surface area contributed by atoms with E-state index >= 15 is 0 Å². The molecular weight excluding hydrogens is 303 g/mol. The number of rotatable bonds is 1. The van der Waals surface area contributed by atoms with Crippen molar-refractivity contribution in [2.45, 2.75) is 12.5 Å². The van der Waals surface area contributed by atoms with Crippen molar-refractivity contribution >= 4 is 34.1 Å². The van der Waals surface area contributed by atoms with Crippen molar-refractivity contribution in [1.82, 2.24) is 10.3 Å². The van der Waals surface area contributed by atoms with Gasteiger partial charge in [0, 0.05) is 33.2 Å². The van der Waals surface area contributed by atoms with Crippen molar-refractivity contribution in [2.75, 3.05) is 6.54 Å². The van der Waals surface area contributed by atoms with Crippen LogP contribution >= 0.6 is 23.2 Å². The SMILES string of the molecule is Clc1ccc(Cl)c(C2NCCc3c2[nH]c2ccccc32)c1. The Kier molecular flexibility index (Phi) is 3.18. The summed E-state index contributed by atoms with van der Waals surface area (Å²) in [4.78, 5) is 3.55. The van der Waals surface area contributed by atoms with E-state index < -0.39 is 0 Å². The van der Waals surface area contributed by atoms with Gasteiger partial charge in [-0.25, -0.2) is 0 Å². The van der Waals surface area contributed by atoms with Crippen molar-refractivity contribution in [3.8, 4) is 0 Å². The molecule has 0 fully saturated rings. The highest BCUT2D eigenvalue weighted by molar-refractivity contribution is 6.33. The molecule has 0 bridgehead atoms. The topological polar surface area (TPSA) is 27.8 Å². The summed E-state index contributed by atoms with van der Waals surface area (Å²) in [5.74, 6) is 0. The van der Waals surface area contributed by atoms with Gasteiger partial charge >= 0.3 is 0 Å². The van der Waals surface area contributed by atoms with Crippen LogP contribution in [0.2, 0.25) is 10.0 Å². The van der Waals surface area contributed by atoms with Gasteiger partial charge < -0.3 is 10.3 Å². The first-order valence-electron chi connectivity index (χ1n) is 7.02. The van der Waals surface area contributed by atoms with Gasteiger partial charge in [0.25, 0.3) is 0 Å². The Labute approximate surface area is 133 Å². The molecule has 2 nitrogen and oxygen atoms in total. The molecule has 4 heteroatoms. The second kappa shape index (κ2) is 5.06. The Bertz CT molecular complexity index is 823. The van der Waals surface area contributed by atoms with Crippen LogP contribution in [-0.4, -0.2) is 11.5 Å². The van der Waals surface area contributed by atoms with Gasteiger partial charge in [0.05, 0.1) is 6.04 Å². The number of hydrogen-bond acceptors (Lipinski definition) is 1. The molecule has 1 atom stereocenters. The molecular formula is C17H14Cl2N2. The van der Waals surface area contributed by atoms with Crippen LogP contribution in [0.1, 0.15) is 22.9 Å². The van der Waals surface area contributed by atoms with Crippen LogP contribution in [0.25, 0.3) is 10.9 Å². The molecule has 0 spiro atoms. The van der Waals surface area contributed by atoms with Crippen LogP contribution in [-0.2, 0) is 6.42 Å². The quantitative estimate of drug-likeness (QED) is 0.668. The molecule has 106 valence electrons. The van der Waals surface area contributed by atoms with E-state index in [0.717, 1.165) is 23.6 Å². The maximum atomic E-state index is 6.38. The molecule has 4 rings (SSSR count). The van der Waals surface area contributed by atoms with Crippen LogP contribution in [0.3, 0.4) is 0 Å². The summed E-state index contributed by atoms with van der Waals surface area (Å²) in [5.41, 5.74) is 4.78. The normalized spacial score (nSPS) is 17.9. The molecule has 1 aliphatic heterocycles. The van der Waals surface area contributed by atoms with Crippen molar-refractivity contribution in [3.05, 3.63) is 69.3 Å². The third-order valence-corrected chi connectivity index (χ3v) is 4.71. The highest BCUT2D eigenvalue weighted by atomic mass is 35.5. The summed E-state index contributed by atoms with van der Waals surface area (Å²) >= 11 is 12.5. The zero-order valence-electron chi connectivity index (χ0n) is 11.3. The lowest BCUT2D eigenvalue weighted by Crippen LogP contribution is -2.30. The zero-order valence-corrected chi connectivity index (χ0v) is 12.8. The molecule has 0 saturated carbocycles. The average molecular weight is 317 g/mol. The Morgan fingerprint density at radius 3 is 2.81 bits per heavy atom. The van der Waals surface area contributed by atoms with Crippen molar-refractivity contribution in [1.29, 1.82) is 0 Å². The first-order valence-corrected chi connectivity index (χ1v) is 7.77. The first-order chi connectivity index (χ1) is 10.2. The number of hydrogen-bond donors (Lipinski definition) is 2. The fourth-order valence-corrected chi connectivity index (χ4v) is 3.59. The molecule has 1 aromatic heterocycles. The number of aromatic amines is 1. The minimum Gasteiger partial charge on any atom is -0.357 e. The van der Waals surface area contributed by atoms with Gasteiger partial charge in [0.15, 0.2) is 0 Å². The van der Waals surface area contributed by atoms with Crippen molar-refractivity contribution < 1.29 is 0 Å². The zero-order chi connectivity index (χ0) is 14.4. The van der Waals surface area contributed by atoms with Crippen LogP contribution in [0.15, 0.2) is 42.5 Å². The van der Waals surface area contributed by atoms with E-state index in [1.54, 1.807) is 0 Å². The highest BCUT2D eigenvalue weighted by Crippen LogP contribution is 2.36. The molecule has 21 heavy (non-hydrogen) atoms. The van der Waals surface area contributed by atoms with Crippen molar-refractivity contribution in [3.63, 3.8) is 0 Å². The van der Waals surface area contributed by atoms with Gasteiger partial charge in [-0.05, 0) is 41.8 Å². The van der Waals surface area contributed by atoms with Gasteiger partial charge in [0.2, 0.25) is 0 Å². The van der Waals surface area contributed by atoms with Gasteiger partial charge in [-0.1, -0.05) is 41.4 Å². The highest BCUT2D eigenvalue weighted by Gasteiger charge is 2.26. The van der Waals surface area contributed by atoms with E-state index in [1.807, 2.05) is 18.2 Å². The summed E-state index contributed by atoms with van der Waals surface area (Å²) in [5, 5.41) is 6.30. The second-order valence-corrected chi connectivity index (χ2v) is 6.21. The van der Waals surface area contributed by atoms with E-state index in [0.29, 0.717) is 5.02 Å². The summed E-state index contributed by atoms with van der Waals surface area (Å²) in [7, 11) is 0. The summed E-state index contributed by atoms with van der Waals surface area (Å²) in [6.45, 7) is 0.933. The van der Waals surface area contributed by atoms with Crippen LogP contribution in [0, 0.1) is 0 Å². The standard InChI is InChI=1S/C17H14Cl2N2/c18-10-5-6-14(19)13(9-10)16-17-12(7-8-20-16)11-3-1-2-4-15(11)21-17/h1-6,9,16,20-21H,7-8H2. The number of aromatic nitrogens is 1. The fourth-order valence-electron chi connectivity index (χ4n) is 3.18. The molecule has 0 amide bonds. The maximum Gasteiger partial charge on any atom is 0.0747 e. The molecule has 2 aromatic carbocycles. The third-order valence-electron chi connectivity index (χ3n) is 4.13. The number of halogens is 2. The molecule has 2 N–H and O–H groups in total. The van der Waals surface area contributed by atoms with Crippen LogP contribution in [0.5, 0.6) is 0 Å². The lowest BCUT2D eigenvalue weighted by atomic mass is 9.94. The summed E-state index contributed by atoms with van der Waals surface area (Å²) in [6, 6.07) is 14.1. The second-order valence-electron chi connectivity index (χ2n) is 5.37. The van der Waals surface area contributed by atoms with E-state index in [2.05, 4.69) is 34.6 Å². The third kappa shape index (κ3) is 2.15. The predicted octanol–water partition coefficient (Wildman–Crippen LogP) is 4.71. The van der Waals surface area contributed by atoms with E-state index in [1.165, 1.54) is 22.2 Å². The Morgan fingerprint density at radius 1 is 1.05 bits per heavy atom. The fraction of sp³-hybridized carbons (Fsp3) is 0.176. The molecule has 1 unspecified atom stereocenters. The molecule has 3 aromatic rings. The average Bonchev–Trinajstić information content (AvgIpc) is 2.88. The Hall–Kier alpha value is -1.48. The van der Waals surface area contributed by atoms with Gasteiger partial charge in [-0.15, -0.1) is 0 Å². The number of nitrogens with one attached hydrogen (secondary N) is 2. The van der Waals surface area contributed by atoms with Gasteiger partial charge in [0.1, 0.15) is 0 Å². The predicted molar refractivity (Wildman–Crippen MR) is 88.3 cm³/mol. The van der Waals surface area contributed by atoms with E-state index in [4.69, 9.17) is 23.2 Å². The van der Waals surface area contributed by atoms with Crippen molar-refractivity contribution in [2.24, 2.45) is 0 Å². The maximum absolute atomic E-state index is 6.38. The summed E-state index contributed by atoms with van der Waals surface area (Å²) in [6.07, 6.45) is 1.02. The molecule has 0 aliphatic carbocycles. The molecule has 0 radical (unpaired) electrons. The van der Waals surface area contributed by atoms with Crippen LogP contribution < -0.4 is 5.32 Å². The van der Waals surface area contributed by atoms with E-state index in [9.17, 15) is 0 Å². The Morgan fingerprint density at radius 2 is 1.90 bits per heavy atom. The van der Waals surface area contributed by atoms with Gasteiger partial charge in [-0.3, -0.25) is 0 Å². The molecule has 2 heterocycles. The smallest absolute Gasteiger partial charge is 0.0747 e. The lowest BCUT2D eigenvalue weighted by Gasteiger charge is -2.25. The summed E-state index contributed by atoms with van der Waals surface area (Å²) < 4.78 is 0. The van der Waals surface area contributed by atoms with Crippen LogP contribution in [0.4, 0.5) is 0 Å². The number of para-hydroxylation sites is 1. The number of H-pyrrole nitrogens is 1. The minimum absolute atomic E-state index is 0.0624. The molecule has 0 saturated heterocycles. The number of benzene rings is 2. The first kappa shape index (κ1) is 13.2.